The van der Waals surface area contributed by atoms with Crippen molar-refractivity contribution >= 4 is 29.5 Å². The summed E-state index contributed by atoms with van der Waals surface area (Å²) < 4.78 is 3.15. The first-order chi connectivity index (χ1) is 8.72. The van der Waals surface area contributed by atoms with Crippen LogP contribution >= 0.6 is 23.3 Å². The maximum Gasteiger partial charge on any atom is 0.106 e. The first kappa shape index (κ1) is 14.8. The van der Waals surface area contributed by atoms with E-state index in [0.717, 1.165) is 0 Å². The maximum atomic E-state index is 5.81. The fraction of sp³-hybridized carbons (Fsp3) is 0.300. The lowest BCUT2D eigenvalue weighted by molar-refractivity contribution is 0.213. The fourth-order valence-corrected chi connectivity index (χ4v) is 2.53. The van der Waals surface area contributed by atoms with Gasteiger partial charge in [-0.1, -0.05) is 5.16 Å². The Morgan fingerprint density at radius 1 is 1.72 bits per heavy atom. The van der Waals surface area contributed by atoms with Crippen LogP contribution in [0.5, 0.6) is 0 Å². The van der Waals surface area contributed by atoms with Crippen molar-refractivity contribution < 1.29 is 4.84 Å². The molecule has 8 heteroatoms. The number of hydrogen-bond acceptors (Lipinski definition) is 8. The zero-order valence-electron chi connectivity index (χ0n) is 10.1. The third kappa shape index (κ3) is 6.50. The molecule has 0 radical (unpaired) electrons. The van der Waals surface area contributed by atoms with Crippen LogP contribution in [0.2, 0.25) is 0 Å². The largest absolute Gasteiger partial charge is 0.400 e. The Balaban J connectivity index is 2.22. The summed E-state index contributed by atoms with van der Waals surface area (Å²) in [6.45, 7) is 0.988. The third-order valence-corrected chi connectivity index (χ3v) is 3.38. The van der Waals surface area contributed by atoms with Crippen LogP contribution in [-0.4, -0.2) is 31.4 Å². The molecule has 0 spiro atoms. The second kappa shape index (κ2) is 8.81. The van der Waals surface area contributed by atoms with Crippen LogP contribution in [0.3, 0.4) is 0 Å². The molecule has 0 fully saturated rings. The predicted molar refractivity (Wildman–Crippen MR) is 76.8 cm³/mol. The molecular formula is C10H17N5OS2. The molecule has 0 aliphatic rings. The highest BCUT2D eigenvalue weighted by molar-refractivity contribution is 7.97. The molecule has 0 saturated heterocycles. The normalized spacial score (nSPS) is 12.0. The van der Waals surface area contributed by atoms with Crippen LogP contribution in [0.15, 0.2) is 38.8 Å². The van der Waals surface area contributed by atoms with Crippen LogP contribution in [-0.2, 0) is 4.84 Å². The van der Waals surface area contributed by atoms with Gasteiger partial charge in [0.05, 0.1) is 12.8 Å². The minimum Gasteiger partial charge on any atom is -0.400 e. The number of thiophene rings is 1. The lowest BCUT2D eigenvalue weighted by Crippen LogP contribution is -2.29. The molecule has 18 heavy (non-hydrogen) atoms. The molecule has 0 amide bonds. The van der Waals surface area contributed by atoms with Gasteiger partial charge in [-0.25, -0.2) is 5.84 Å². The van der Waals surface area contributed by atoms with Crippen LogP contribution in [0.4, 0.5) is 0 Å². The molecule has 1 aromatic rings. The lowest BCUT2D eigenvalue weighted by atomic mass is 10.5. The maximum absolute atomic E-state index is 5.81. The molecule has 0 atom stereocenters. The molecule has 0 bridgehead atoms. The molecular weight excluding hydrogens is 270 g/mol. The molecule has 0 saturated carbocycles. The first-order valence-electron chi connectivity index (χ1n) is 5.16. The summed E-state index contributed by atoms with van der Waals surface area (Å²) in [6.07, 6.45) is 3.21. The van der Waals surface area contributed by atoms with E-state index in [9.17, 15) is 0 Å². The molecule has 5 N–H and O–H groups in total. The summed E-state index contributed by atoms with van der Waals surface area (Å²) in [4.78, 5) is 5.69. The van der Waals surface area contributed by atoms with Gasteiger partial charge in [-0.2, -0.15) is 11.3 Å². The molecule has 1 rings (SSSR count). The smallest absolute Gasteiger partial charge is 0.106 e. The molecule has 1 aromatic heterocycles. The summed E-state index contributed by atoms with van der Waals surface area (Å²) in [5.41, 5.74) is 6.45. The second-order valence-corrected chi connectivity index (χ2v) is 5.00. The van der Waals surface area contributed by atoms with Gasteiger partial charge in [0, 0.05) is 28.7 Å². The number of rotatable bonds is 8. The summed E-state index contributed by atoms with van der Waals surface area (Å²) >= 11 is 3.20. The fourth-order valence-electron chi connectivity index (χ4n) is 1.03. The number of hydrazine groups is 1. The Bertz CT molecular complexity index is 380. The lowest BCUT2D eigenvalue weighted by Gasteiger charge is -2.12. The van der Waals surface area contributed by atoms with Crippen molar-refractivity contribution in [2.24, 2.45) is 16.7 Å². The van der Waals surface area contributed by atoms with Crippen LogP contribution in [0.1, 0.15) is 0 Å². The monoisotopic (exact) mass is 287 g/mol. The van der Waals surface area contributed by atoms with Gasteiger partial charge >= 0.3 is 0 Å². The van der Waals surface area contributed by atoms with E-state index < -0.39 is 0 Å². The first-order valence-corrected chi connectivity index (χ1v) is 6.92. The molecule has 0 aliphatic heterocycles. The van der Waals surface area contributed by atoms with Crippen LogP contribution < -0.4 is 16.3 Å². The molecule has 6 nitrogen and oxygen atoms in total. The second-order valence-electron chi connectivity index (χ2n) is 3.25. The van der Waals surface area contributed by atoms with Crippen molar-refractivity contribution in [2.45, 2.75) is 4.90 Å². The number of nitrogens with two attached hydrogens (primary N) is 2. The number of nitrogens with one attached hydrogen (secondary N) is 1. The van der Waals surface area contributed by atoms with E-state index in [4.69, 9.17) is 11.6 Å². The average Bonchev–Trinajstić information content (AvgIpc) is 2.82. The van der Waals surface area contributed by atoms with Gasteiger partial charge in [0.15, 0.2) is 0 Å². The highest BCUT2D eigenvalue weighted by Crippen LogP contribution is 2.17. The average molecular weight is 287 g/mol. The van der Waals surface area contributed by atoms with Gasteiger partial charge < -0.3 is 15.6 Å². The number of oxime groups is 1. The van der Waals surface area contributed by atoms with Crippen molar-refractivity contribution in [3.8, 4) is 0 Å². The van der Waals surface area contributed by atoms with Crippen molar-refractivity contribution in [3.05, 3.63) is 28.7 Å². The van der Waals surface area contributed by atoms with E-state index in [-0.39, 0.29) is 0 Å². The molecule has 1 heterocycles. The Labute approximate surface area is 115 Å². The van der Waals surface area contributed by atoms with Crippen LogP contribution in [0, 0.1) is 0 Å². The van der Waals surface area contributed by atoms with Gasteiger partial charge in [0.25, 0.3) is 0 Å². The number of nitrogens with zero attached hydrogens (tertiary/aromatic N) is 2. The summed E-state index contributed by atoms with van der Waals surface area (Å²) in [5, 5.41) is 9.11. The van der Waals surface area contributed by atoms with E-state index in [1.807, 2.05) is 11.4 Å². The standard InChI is InChI=1S/C10H17N5OS2/c1-16-13-3-4-15(12)7-9(11)6-14-18-10-2-5-17-8-10/h2-3,5,7-8,14H,4,6,11-12H2,1H3/b9-7-,13-3?. The van der Waals surface area contributed by atoms with E-state index >= 15 is 0 Å². The third-order valence-electron chi connectivity index (χ3n) is 1.77. The zero-order valence-corrected chi connectivity index (χ0v) is 11.7. The molecule has 0 aromatic carbocycles. The summed E-state index contributed by atoms with van der Waals surface area (Å²) in [5.74, 6) is 5.68. The molecule has 0 aliphatic carbocycles. The van der Waals surface area contributed by atoms with Gasteiger partial charge in [0.2, 0.25) is 0 Å². The van der Waals surface area contributed by atoms with Crippen molar-refractivity contribution in [2.75, 3.05) is 20.2 Å². The van der Waals surface area contributed by atoms with Gasteiger partial charge in [0.1, 0.15) is 7.11 Å². The minimum atomic E-state index is 0.437. The van der Waals surface area contributed by atoms with Crippen LogP contribution in [0.25, 0.3) is 0 Å². The van der Waals surface area contributed by atoms with Crippen molar-refractivity contribution in [3.63, 3.8) is 0 Å². The molecule has 100 valence electrons. The van der Waals surface area contributed by atoms with Gasteiger partial charge in [-0.05, 0) is 23.4 Å². The predicted octanol–water partition coefficient (Wildman–Crippen LogP) is 0.953. The Morgan fingerprint density at radius 2 is 2.56 bits per heavy atom. The Kier molecular flexibility index (Phi) is 7.26. The Morgan fingerprint density at radius 3 is 3.22 bits per heavy atom. The zero-order chi connectivity index (χ0) is 13.2. The quantitative estimate of drug-likeness (QED) is 0.285. The topological polar surface area (TPSA) is 88.9 Å². The highest BCUT2D eigenvalue weighted by atomic mass is 32.2. The summed E-state index contributed by atoms with van der Waals surface area (Å²) in [6, 6.07) is 2.04. The SMILES string of the molecule is CON=CCN(N)/C=C(\N)CNSc1ccsc1. The van der Waals surface area contributed by atoms with Gasteiger partial charge in [-0.3, -0.25) is 4.72 Å². The number of hydrogen-bond donors (Lipinski definition) is 3. The van der Waals surface area contributed by atoms with Crippen molar-refractivity contribution in [1.29, 1.82) is 0 Å². The van der Waals surface area contributed by atoms with E-state index in [1.165, 1.54) is 29.0 Å². The minimum absolute atomic E-state index is 0.437. The van der Waals surface area contributed by atoms with Crippen molar-refractivity contribution in [1.82, 2.24) is 9.73 Å². The van der Waals surface area contributed by atoms with E-state index in [2.05, 4.69) is 20.1 Å². The Hall–Kier alpha value is -1.22. The van der Waals surface area contributed by atoms with E-state index in [0.29, 0.717) is 18.8 Å². The highest BCUT2D eigenvalue weighted by Gasteiger charge is 1.96. The molecule has 0 unspecified atom stereocenters. The summed E-state index contributed by atoms with van der Waals surface area (Å²) in [7, 11) is 1.48. The van der Waals surface area contributed by atoms with Gasteiger partial charge in [-0.15, -0.1) is 0 Å². The van der Waals surface area contributed by atoms with E-state index in [1.54, 1.807) is 23.8 Å².